The molecule has 2 amide bonds. The Morgan fingerprint density at radius 3 is 2.30 bits per heavy atom. The number of hydrogen-bond acceptors (Lipinski definition) is 3. The van der Waals surface area contributed by atoms with Gasteiger partial charge in [-0.3, -0.25) is 14.5 Å². The van der Waals surface area contributed by atoms with Crippen LogP contribution in [0.2, 0.25) is 0 Å². The molecule has 0 aliphatic carbocycles. The largest absolute Gasteiger partial charge is 0.497 e. The van der Waals surface area contributed by atoms with E-state index in [4.69, 9.17) is 4.74 Å². The second kappa shape index (κ2) is 5.54. The molecule has 0 fully saturated rings. The molecule has 118 valence electrons. The van der Waals surface area contributed by atoms with Gasteiger partial charge in [-0.1, -0.05) is 30.3 Å². The summed E-state index contributed by atoms with van der Waals surface area (Å²) in [7, 11) is 1.60. The van der Waals surface area contributed by atoms with Crippen LogP contribution in [0.4, 0.5) is 0 Å². The number of fused-ring (bicyclic) bond motifs is 1. The average molecular weight is 309 g/mol. The van der Waals surface area contributed by atoms with Gasteiger partial charge in [0, 0.05) is 5.56 Å². The first-order valence-corrected chi connectivity index (χ1v) is 7.54. The number of rotatable bonds is 3. The zero-order valence-electron chi connectivity index (χ0n) is 13.5. The second-order valence-electron chi connectivity index (χ2n) is 6.22. The van der Waals surface area contributed by atoms with Crippen molar-refractivity contribution in [3.05, 3.63) is 65.2 Å². The molecule has 4 nitrogen and oxygen atoms in total. The van der Waals surface area contributed by atoms with E-state index < -0.39 is 5.41 Å². The topological polar surface area (TPSA) is 46.6 Å². The fraction of sp³-hybridized carbons (Fsp3) is 0.263. The molecule has 0 saturated heterocycles. The summed E-state index contributed by atoms with van der Waals surface area (Å²) in [4.78, 5) is 26.9. The van der Waals surface area contributed by atoms with Gasteiger partial charge >= 0.3 is 0 Å². The minimum Gasteiger partial charge on any atom is -0.497 e. The number of amides is 2. The second-order valence-corrected chi connectivity index (χ2v) is 6.22. The average Bonchev–Trinajstić information content (AvgIpc) is 2.58. The van der Waals surface area contributed by atoms with Gasteiger partial charge in [-0.15, -0.1) is 0 Å². The summed E-state index contributed by atoms with van der Waals surface area (Å²) in [6.07, 6.45) is 0. The lowest BCUT2D eigenvalue weighted by Gasteiger charge is -2.37. The molecule has 2 aromatic carbocycles. The van der Waals surface area contributed by atoms with Crippen molar-refractivity contribution in [2.75, 3.05) is 7.11 Å². The van der Waals surface area contributed by atoms with E-state index in [0.717, 1.165) is 16.9 Å². The number of benzene rings is 2. The molecular weight excluding hydrogens is 290 g/mol. The van der Waals surface area contributed by atoms with Crippen molar-refractivity contribution in [1.82, 2.24) is 4.90 Å². The summed E-state index contributed by atoms with van der Waals surface area (Å²) in [6, 6.07) is 14.7. The summed E-state index contributed by atoms with van der Waals surface area (Å²) in [6.45, 7) is 3.99. The number of methoxy groups -OCH3 is 1. The molecule has 1 aliphatic rings. The fourth-order valence-electron chi connectivity index (χ4n) is 2.96. The minimum absolute atomic E-state index is 0.169. The first-order valence-electron chi connectivity index (χ1n) is 7.54. The predicted molar refractivity (Wildman–Crippen MR) is 87.3 cm³/mol. The van der Waals surface area contributed by atoms with Gasteiger partial charge in [0.15, 0.2) is 0 Å². The maximum Gasteiger partial charge on any atom is 0.261 e. The molecule has 0 unspecified atom stereocenters. The molecule has 0 spiro atoms. The van der Waals surface area contributed by atoms with Crippen molar-refractivity contribution < 1.29 is 14.3 Å². The van der Waals surface area contributed by atoms with Crippen LogP contribution in [0.25, 0.3) is 0 Å². The van der Waals surface area contributed by atoms with Gasteiger partial charge in [0.25, 0.3) is 5.91 Å². The Labute approximate surface area is 135 Å². The van der Waals surface area contributed by atoms with Crippen molar-refractivity contribution in [2.45, 2.75) is 25.8 Å². The zero-order valence-corrected chi connectivity index (χ0v) is 13.5. The molecule has 1 aliphatic heterocycles. The van der Waals surface area contributed by atoms with Crippen LogP contribution in [0.3, 0.4) is 0 Å². The van der Waals surface area contributed by atoms with Crippen molar-refractivity contribution in [3.63, 3.8) is 0 Å². The van der Waals surface area contributed by atoms with E-state index in [9.17, 15) is 9.59 Å². The lowest BCUT2D eigenvalue weighted by molar-refractivity contribution is -0.134. The first kappa shape index (κ1) is 15.3. The molecule has 0 saturated carbocycles. The number of nitrogens with zero attached hydrogens (tertiary/aromatic N) is 1. The Hall–Kier alpha value is -2.62. The van der Waals surface area contributed by atoms with Gasteiger partial charge in [0.1, 0.15) is 5.75 Å². The van der Waals surface area contributed by atoms with Crippen LogP contribution in [-0.4, -0.2) is 23.8 Å². The fourth-order valence-corrected chi connectivity index (χ4v) is 2.96. The summed E-state index contributed by atoms with van der Waals surface area (Å²) in [5, 5.41) is 0. The quantitative estimate of drug-likeness (QED) is 0.818. The predicted octanol–water partition coefficient (Wildman–Crippen LogP) is 3.16. The summed E-state index contributed by atoms with van der Waals surface area (Å²) in [5.74, 6) is 0.341. The molecule has 3 rings (SSSR count). The monoisotopic (exact) mass is 309 g/mol. The van der Waals surface area contributed by atoms with E-state index >= 15 is 0 Å². The SMILES string of the molecule is COc1ccc(CN2C(=O)c3ccccc3C(C)(C)C2=O)cc1. The van der Waals surface area contributed by atoms with Gasteiger partial charge < -0.3 is 4.74 Å². The molecular formula is C19H19NO3. The molecule has 0 radical (unpaired) electrons. The highest BCUT2D eigenvalue weighted by molar-refractivity contribution is 6.12. The van der Waals surface area contributed by atoms with E-state index in [0.29, 0.717) is 5.56 Å². The van der Waals surface area contributed by atoms with E-state index in [1.54, 1.807) is 13.2 Å². The lowest BCUT2D eigenvalue weighted by atomic mass is 9.77. The van der Waals surface area contributed by atoms with Gasteiger partial charge in [-0.2, -0.15) is 0 Å². The van der Waals surface area contributed by atoms with Crippen LogP contribution in [0, 0.1) is 0 Å². The lowest BCUT2D eigenvalue weighted by Crippen LogP contribution is -2.51. The molecule has 1 heterocycles. The number of carbonyl (C=O) groups is 2. The molecule has 0 aromatic heterocycles. The molecule has 0 atom stereocenters. The Morgan fingerprint density at radius 1 is 1.00 bits per heavy atom. The molecule has 23 heavy (non-hydrogen) atoms. The Morgan fingerprint density at radius 2 is 1.65 bits per heavy atom. The highest BCUT2D eigenvalue weighted by Crippen LogP contribution is 2.35. The van der Waals surface area contributed by atoms with Crippen molar-refractivity contribution in [1.29, 1.82) is 0 Å². The normalized spacial score (nSPS) is 16.2. The van der Waals surface area contributed by atoms with Crippen molar-refractivity contribution in [3.8, 4) is 5.75 Å². The number of imide groups is 1. The van der Waals surface area contributed by atoms with E-state index in [2.05, 4.69) is 0 Å². The molecule has 0 N–H and O–H groups in total. The maximum absolute atomic E-state index is 12.8. The van der Waals surface area contributed by atoms with Gasteiger partial charge in [0.2, 0.25) is 5.91 Å². The summed E-state index contributed by atoms with van der Waals surface area (Å²) < 4.78 is 5.13. The van der Waals surface area contributed by atoms with Crippen LogP contribution in [0.5, 0.6) is 5.75 Å². The number of carbonyl (C=O) groups excluding carboxylic acids is 2. The Bertz CT molecular complexity index is 762. The summed E-state index contributed by atoms with van der Waals surface area (Å²) in [5.41, 5.74) is 1.58. The zero-order chi connectivity index (χ0) is 16.6. The number of hydrogen-bond donors (Lipinski definition) is 0. The van der Waals surface area contributed by atoms with Crippen LogP contribution in [-0.2, 0) is 16.8 Å². The number of ether oxygens (including phenoxy) is 1. The summed E-state index contributed by atoms with van der Waals surface area (Å²) >= 11 is 0. The third-order valence-electron chi connectivity index (χ3n) is 4.36. The molecule has 4 heteroatoms. The Kier molecular flexibility index (Phi) is 3.68. The highest BCUT2D eigenvalue weighted by Gasteiger charge is 2.43. The smallest absolute Gasteiger partial charge is 0.261 e. The van der Waals surface area contributed by atoms with E-state index in [1.165, 1.54) is 4.90 Å². The van der Waals surface area contributed by atoms with Crippen LogP contribution < -0.4 is 4.74 Å². The maximum atomic E-state index is 12.8. The van der Waals surface area contributed by atoms with Crippen LogP contribution >= 0.6 is 0 Å². The van der Waals surface area contributed by atoms with E-state index in [-0.39, 0.29) is 18.4 Å². The molecule has 0 bridgehead atoms. The van der Waals surface area contributed by atoms with E-state index in [1.807, 2.05) is 56.3 Å². The highest BCUT2D eigenvalue weighted by atomic mass is 16.5. The third kappa shape index (κ3) is 2.50. The van der Waals surface area contributed by atoms with Crippen LogP contribution in [0.15, 0.2) is 48.5 Å². The minimum atomic E-state index is -0.711. The van der Waals surface area contributed by atoms with Gasteiger partial charge in [0.05, 0.1) is 19.1 Å². The van der Waals surface area contributed by atoms with Gasteiger partial charge in [-0.25, -0.2) is 0 Å². The third-order valence-corrected chi connectivity index (χ3v) is 4.36. The first-order chi connectivity index (χ1) is 10.9. The Balaban J connectivity index is 1.96. The van der Waals surface area contributed by atoms with Crippen molar-refractivity contribution >= 4 is 11.8 Å². The standard InChI is InChI=1S/C19H19NO3/c1-19(2)16-7-5-4-6-15(16)17(21)20(18(19)22)12-13-8-10-14(23-3)11-9-13/h4-11H,12H2,1-3H3. The van der Waals surface area contributed by atoms with Crippen molar-refractivity contribution in [2.24, 2.45) is 0 Å². The molecule has 2 aromatic rings. The van der Waals surface area contributed by atoms with Gasteiger partial charge in [-0.05, 0) is 43.2 Å². The van der Waals surface area contributed by atoms with Crippen LogP contribution in [0.1, 0.15) is 35.3 Å².